The zero-order valence-electron chi connectivity index (χ0n) is 16.1. The molecule has 1 rings (SSSR count). The van der Waals surface area contributed by atoms with Gasteiger partial charge in [0.15, 0.2) is 0 Å². The Labute approximate surface area is 163 Å². The van der Waals surface area contributed by atoms with Crippen molar-refractivity contribution in [3.63, 3.8) is 0 Å². The van der Waals surface area contributed by atoms with Crippen LogP contribution in [0.2, 0.25) is 0 Å². The van der Waals surface area contributed by atoms with Gasteiger partial charge in [0.25, 0.3) is 0 Å². The molecular weight excluding hydrogens is 372 g/mol. The number of rotatable bonds is 11. The van der Waals surface area contributed by atoms with Gasteiger partial charge in [-0.15, -0.1) is 0 Å². The number of aliphatic carboxylic acids is 1. The fourth-order valence-electron chi connectivity index (χ4n) is 2.78. The van der Waals surface area contributed by atoms with E-state index in [9.17, 15) is 34.5 Å². The molecule has 0 bridgehead atoms. The number of nitrogens with one attached hydrogen (secondary N) is 4. The summed E-state index contributed by atoms with van der Waals surface area (Å²) in [6.45, 7) is 2.63. The van der Waals surface area contributed by atoms with E-state index < -0.39 is 61.1 Å². The molecule has 28 heavy (non-hydrogen) atoms. The molecule has 5 atom stereocenters. The molecule has 0 aromatic heterocycles. The molecule has 3 amide bonds. The van der Waals surface area contributed by atoms with Crippen molar-refractivity contribution in [2.75, 3.05) is 19.8 Å². The number of amides is 3. The van der Waals surface area contributed by atoms with Gasteiger partial charge < -0.3 is 36.6 Å². The quantitative estimate of drug-likeness (QED) is 0.195. The van der Waals surface area contributed by atoms with Gasteiger partial charge in [-0.2, -0.15) is 0 Å². The lowest BCUT2D eigenvalue weighted by atomic mass is 9.99. The van der Waals surface area contributed by atoms with Crippen LogP contribution < -0.4 is 21.3 Å². The Morgan fingerprint density at radius 3 is 2.07 bits per heavy atom. The fourth-order valence-corrected chi connectivity index (χ4v) is 2.78. The zero-order valence-corrected chi connectivity index (χ0v) is 16.1. The van der Waals surface area contributed by atoms with Gasteiger partial charge in [-0.25, -0.2) is 4.79 Å². The molecule has 1 aliphatic rings. The molecule has 1 aliphatic heterocycles. The maximum atomic E-state index is 12.3. The molecule has 0 radical (unpaired) electrons. The van der Waals surface area contributed by atoms with Crippen LogP contribution in [0.25, 0.3) is 0 Å². The molecular formula is C17H30N4O7. The summed E-state index contributed by atoms with van der Waals surface area (Å²) in [4.78, 5) is 48.0. The van der Waals surface area contributed by atoms with Crippen molar-refractivity contribution in [3.8, 4) is 0 Å². The van der Waals surface area contributed by atoms with Gasteiger partial charge in [-0.3, -0.25) is 14.4 Å². The van der Waals surface area contributed by atoms with E-state index in [1.165, 1.54) is 0 Å². The minimum Gasteiger partial charge on any atom is -0.480 e. The molecule has 7 N–H and O–H groups in total. The second-order valence-electron chi connectivity index (χ2n) is 6.85. The molecule has 11 nitrogen and oxygen atoms in total. The largest absolute Gasteiger partial charge is 0.480 e. The first-order valence-corrected chi connectivity index (χ1v) is 9.34. The third-order valence-corrected chi connectivity index (χ3v) is 4.78. The van der Waals surface area contributed by atoms with Crippen molar-refractivity contribution in [3.05, 3.63) is 0 Å². The van der Waals surface area contributed by atoms with Gasteiger partial charge in [-0.05, 0) is 25.3 Å². The number of aliphatic hydroxyl groups excluding tert-OH is 2. The molecule has 1 heterocycles. The monoisotopic (exact) mass is 402 g/mol. The maximum Gasteiger partial charge on any atom is 0.326 e. The lowest BCUT2D eigenvalue weighted by Crippen LogP contribution is -2.59. The summed E-state index contributed by atoms with van der Waals surface area (Å²) in [5.41, 5.74) is 0. The first-order valence-electron chi connectivity index (χ1n) is 9.34. The Hall–Kier alpha value is -2.24. The average molecular weight is 402 g/mol. The molecule has 0 aliphatic carbocycles. The van der Waals surface area contributed by atoms with Gasteiger partial charge in [0.2, 0.25) is 17.7 Å². The van der Waals surface area contributed by atoms with Crippen LogP contribution in [0.5, 0.6) is 0 Å². The predicted molar refractivity (Wildman–Crippen MR) is 98.1 cm³/mol. The summed E-state index contributed by atoms with van der Waals surface area (Å²) in [5, 5.41) is 37.9. The van der Waals surface area contributed by atoms with Crippen LogP contribution in [0.4, 0.5) is 0 Å². The van der Waals surface area contributed by atoms with Crippen LogP contribution in [0.1, 0.15) is 33.1 Å². The van der Waals surface area contributed by atoms with Gasteiger partial charge >= 0.3 is 5.97 Å². The third-order valence-electron chi connectivity index (χ3n) is 4.78. The SMILES string of the molecule is CCC(C)C(NC(=O)C(CO)NC(=O)C(CO)NC(=O)C1CCCN1)C(=O)O. The lowest BCUT2D eigenvalue weighted by Gasteiger charge is -2.25. The summed E-state index contributed by atoms with van der Waals surface area (Å²) >= 11 is 0. The van der Waals surface area contributed by atoms with Crippen molar-refractivity contribution in [1.29, 1.82) is 0 Å². The van der Waals surface area contributed by atoms with E-state index in [1.807, 2.05) is 0 Å². The standard InChI is InChI=1S/C17H30N4O7/c1-3-9(2)13(17(27)28)21-16(26)12(8-23)20-15(25)11(7-22)19-14(24)10-5-4-6-18-10/h9-13,18,22-23H,3-8H2,1-2H3,(H,19,24)(H,20,25)(H,21,26)(H,27,28). The Morgan fingerprint density at radius 2 is 1.61 bits per heavy atom. The number of carbonyl (C=O) groups excluding carboxylic acids is 3. The second-order valence-corrected chi connectivity index (χ2v) is 6.85. The number of hydrogen-bond donors (Lipinski definition) is 7. The number of carboxylic acid groups (broad SMARTS) is 1. The minimum absolute atomic E-state index is 0.361. The Bertz CT molecular complexity index is 566. The second kappa shape index (κ2) is 11.6. The van der Waals surface area contributed by atoms with Crippen molar-refractivity contribution in [1.82, 2.24) is 21.3 Å². The van der Waals surface area contributed by atoms with Crippen LogP contribution in [-0.4, -0.2) is 82.9 Å². The normalized spacial score (nSPS) is 20.5. The summed E-state index contributed by atoms with van der Waals surface area (Å²) in [7, 11) is 0. The molecule has 0 aromatic carbocycles. The highest BCUT2D eigenvalue weighted by Crippen LogP contribution is 2.08. The van der Waals surface area contributed by atoms with Crippen LogP contribution in [0, 0.1) is 5.92 Å². The summed E-state index contributed by atoms with van der Waals surface area (Å²) < 4.78 is 0. The smallest absolute Gasteiger partial charge is 0.326 e. The fraction of sp³-hybridized carbons (Fsp3) is 0.765. The van der Waals surface area contributed by atoms with E-state index in [1.54, 1.807) is 13.8 Å². The molecule has 0 saturated carbocycles. The van der Waals surface area contributed by atoms with Crippen LogP contribution in [-0.2, 0) is 19.2 Å². The number of carboxylic acids is 1. The van der Waals surface area contributed by atoms with Crippen LogP contribution in [0.3, 0.4) is 0 Å². The van der Waals surface area contributed by atoms with E-state index in [2.05, 4.69) is 21.3 Å². The van der Waals surface area contributed by atoms with Gasteiger partial charge in [0.1, 0.15) is 18.1 Å². The summed E-state index contributed by atoms with van der Waals surface area (Å²) in [6.07, 6.45) is 1.93. The van der Waals surface area contributed by atoms with Gasteiger partial charge in [0.05, 0.1) is 19.3 Å². The summed E-state index contributed by atoms with van der Waals surface area (Å²) in [6, 6.07) is -4.36. The Kier molecular flexibility index (Phi) is 9.83. The van der Waals surface area contributed by atoms with E-state index in [0.717, 1.165) is 6.42 Å². The van der Waals surface area contributed by atoms with Gasteiger partial charge in [-0.1, -0.05) is 20.3 Å². The first kappa shape index (κ1) is 23.8. The lowest BCUT2D eigenvalue weighted by molar-refractivity contribution is -0.144. The van der Waals surface area contributed by atoms with Crippen molar-refractivity contribution >= 4 is 23.7 Å². The molecule has 160 valence electrons. The summed E-state index contributed by atoms with van der Waals surface area (Å²) in [5.74, 6) is -3.77. The van der Waals surface area contributed by atoms with Crippen LogP contribution >= 0.6 is 0 Å². The molecule has 0 aromatic rings. The van der Waals surface area contributed by atoms with Gasteiger partial charge in [0, 0.05) is 0 Å². The van der Waals surface area contributed by atoms with Crippen molar-refractivity contribution < 1.29 is 34.5 Å². The minimum atomic E-state index is -1.42. The third kappa shape index (κ3) is 6.73. The highest BCUT2D eigenvalue weighted by molar-refractivity contribution is 5.94. The molecule has 1 saturated heterocycles. The highest BCUT2D eigenvalue weighted by atomic mass is 16.4. The first-order chi connectivity index (χ1) is 13.2. The van der Waals surface area contributed by atoms with Crippen LogP contribution in [0.15, 0.2) is 0 Å². The number of carbonyl (C=O) groups is 4. The average Bonchev–Trinajstić information content (AvgIpc) is 3.21. The Morgan fingerprint density at radius 1 is 1.04 bits per heavy atom. The molecule has 5 unspecified atom stereocenters. The van der Waals surface area contributed by atoms with Crippen molar-refractivity contribution in [2.45, 2.75) is 57.3 Å². The molecule has 11 heteroatoms. The number of hydrogen-bond acceptors (Lipinski definition) is 7. The zero-order chi connectivity index (χ0) is 21.3. The maximum absolute atomic E-state index is 12.3. The van der Waals surface area contributed by atoms with E-state index in [-0.39, 0.29) is 5.92 Å². The van der Waals surface area contributed by atoms with E-state index in [0.29, 0.717) is 19.4 Å². The number of aliphatic hydroxyl groups is 2. The Balaban J connectivity index is 2.69. The predicted octanol–water partition coefficient (Wildman–Crippen LogP) is -2.69. The highest BCUT2D eigenvalue weighted by Gasteiger charge is 2.32. The van der Waals surface area contributed by atoms with E-state index in [4.69, 9.17) is 0 Å². The topological polar surface area (TPSA) is 177 Å². The van der Waals surface area contributed by atoms with Crippen molar-refractivity contribution in [2.24, 2.45) is 5.92 Å². The molecule has 1 fully saturated rings. The van der Waals surface area contributed by atoms with E-state index >= 15 is 0 Å². The molecule has 0 spiro atoms.